The number of nitrogens with zero attached hydrogens (tertiary/aromatic N) is 1. The van der Waals surface area contributed by atoms with Crippen LogP contribution in [0.15, 0.2) is 18.2 Å². The number of hydrogen-bond donors (Lipinski definition) is 2. The molecule has 1 aliphatic heterocycles. The number of fused-ring (bicyclic) bond motifs is 1. The van der Waals surface area contributed by atoms with E-state index in [1.54, 1.807) is 0 Å². The number of anilines is 1. The quantitative estimate of drug-likeness (QED) is 0.794. The zero-order chi connectivity index (χ0) is 19.2. The molecule has 2 aliphatic rings. The van der Waals surface area contributed by atoms with E-state index >= 15 is 0 Å². The summed E-state index contributed by atoms with van der Waals surface area (Å²) in [6, 6.07) is 5.77. The summed E-state index contributed by atoms with van der Waals surface area (Å²) >= 11 is 0. The van der Waals surface area contributed by atoms with Gasteiger partial charge in [0.05, 0.1) is 12.5 Å². The minimum atomic E-state index is -0.137. The van der Waals surface area contributed by atoms with Crippen LogP contribution in [-0.2, 0) is 9.53 Å². The molecule has 6 nitrogen and oxygen atoms in total. The Morgan fingerprint density at radius 2 is 1.96 bits per heavy atom. The van der Waals surface area contributed by atoms with Crippen molar-refractivity contribution < 1.29 is 14.3 Å². The van der Waals surface area contributed by atoms with Crippen LogP contribution >= 0.6 is 0 Å². The first-order chi connectivity index (χ1) is 13.1. The Balaban J connectivity index is 1.79. The highest BCUT2D eigenvalue weighted by molar-refractivity contribution is 5.90. The lowest BCUT2D eigenvalue weighted by Crippen LogP contribution is -2.52. The van der Waals surface area contributed by atoms with E-state index in [9.17, 15) is 9.59 Å². The molecule has 0 aromatic heterocycles. The number of hydrogen-bond acceptors (Lipinski definition) is 3. The van der Waals surface area contributed by atoms with Crippen LogP contribution in [0.5, 0.6) is 0 Å². The van der Waals surface area contributed by atoms with Crippen LogP contribution in [0, 0.1) is 19.8 Å². The van der Waals surface area contributed by atoms with Crippen LogP contribution in [0.3, 0.4) is 0 Å². The number of amides is 3. The maximum atomic E-state index is 13.1. The number of carbonyl (C=O) groups is 2. The highest BCUT2D eigenvalue weighted by atomic mass is 16.5. The second kappa shape index (κ2) is 9.22. The van der Waals surface area contributed by atoms with Crippen LogP contribution in [0.2, 0.25) is 0 Å². The molecule has 1 aliphatic carbocycles. The average molecular weight is 373 g/mol. The van der Waals surface area contributed by atoms with Crippen LogP contribution in [0.4, 0.5) is 10.5 Å². The van der Waals surface area contributed by atoms with E-state index in [1.807, 2.05) is 30.0 Å². The van der Waals surface area contributed by atoms with Crippen LogP contribution < -0.4 is 10.6 Å². The first-order valence-corrected chi connectivity index (χ1v) is 10.1. The second-order valence-corrected chi connectivity index (χ2v) is 7.64. The molecule has 1 aromatic rings. The molecular formula is C21H31N3O3. The van der Waals surface area contributed by atoms with Gasteiger partial charge in [-0.1, -0.05) is 18.9 Å². The van der Waals surface area contributed by atoms with Crippen LogP contribution in [0.25, 0.3) is 0 Å². The first kappa shape index (κ1) is 19.7. The van der Waals surface area contributed by atoms with E-state index in [0.29, 0.717) is 26.3 Å². The summed E-state index contributed by atoms with van der Waals surface area (Å²) in [6.07, 6.45) is 4.58. The number of nitrogens with one attached hydrogen (secondary N) is 2. The van der Waals surface area contributed by atoms with Gasteiger partial charge in [0.1, 0.15) is 0 Å². The van der Waals surface area contributed by atoms with E-state index in [0.717, 1.165) is 43.4 Å². The van der Waals surface area contributed by atoms with Crippen molar-refractivity contribution in [3.8, 4) is 0 Å². The minimum Gasteiger partial charge on any atom is -0.380 e. The zero-order valence-electron chi connectivity index (χ0n) is 16.4. The minimum absolute atomic E-state index is 0.0502. The molecule has 2 unspecified atom stereocenters. The van der Waals surface area contributed by atoms with Crippen molar-refractivity contribution in [1.82, 2.24) is 10.2 Å². The van der Waals surface area contributed by atoms with Crippen molar-refractivity contribution in [2.75, 3.05) is 31.6 Å². The van der Waals surface area contributed by atoms with E-state index < -0.39 is 0 Å². The predicted octanol–water partition coefficient (Wildman–Crippen LogP) is 3.23. The van der Waals surface area contributed by atoms with Crippen molar-refractivity contribution >= 4 is 17.6 Å². The van der Waals surface area contributed by atoms with Gasteiger partial charge in [-0.25, -0.2) is 4.79 Å². The molecule has 3 amide bonds. The molecule has 1 saturated carbocycles. The van der Waals surface area contributed by atoms with E-state index in [1.165, 1.54) is 5.56 Å². The van der Waals surface area contributed by atoms with Crippen molar-refractivity contribution in [3.05, 3.63) is 29.3 Å². The molecule has 3 rings (SSSR count). The van der Waals surface area contributed by atoms with Crippen LogP contribution in [-0.4, -0.2) is 49.2 Å². The number of ether oxygens (including phenoxy) is 1. The summed E-state index contributed by atoms with van der Waals surface area (Å²) in [5.74, 6) is -0.0865. The third-order valence-electron chi connectivity index (χ3n) is 5.72. The average Bonchev–Trinajstić information content (AvgIpc) is 2.69. The smallest absolute Gasteiger partial charge is 0.322 e. The summed E-state index contributed by atoms with van der Waals surface area (Å²) in [5, 5.41) is 6.02. The number of aryl methyl sites for hydroxylation is 2. The van der Waals surface area contributed by atoms with Crippen molar-refractivity contribution in [3.63, 3.8) is 0 Å². The monoisotopic (exact) mass is 373 g/mol. The summed E-state index contributed by atoms with van der Waals surface area (Å²) in [7, 11) is 0. The Labute approximate surface area is 161 Å². The second-order valence-electron chi connectivity index (χ2n) is 7.64. The molecule has 2 fully saturated rings. The zero-order valence-corrected chi connectivity index (χ0v) is 16.4. The maximum Gasteiger partial charge on any atom is 0.322 e. The van der Waals surface area contributed by atoms with Gasteiger partial charge >= 0.3 is 6.03 Å². The van der Waals surface area contributed by atoms with Gasteiger partial charge in [-0.15, -0.1) is 0 Å². The third-order valence-corrected chi connectivity index (χ3v) is 5.72. The molecule has 1 aromatic carbocycles. The fraction of sp³-hybridized carbons (Fsp3) is 0.619. The molecule has 148 valence electrons. The lowest BCUT2D eigenvalue weighted by atomic mass is 9.82. The Kier molecular flexibility index (Phi) is 6.72. The fourth-order valence-electron chi connectivity index (χ4n) is 4.04. The van der Waals surface area contributed by atoms with Gasteiger partial charge in [0.15, 0.2) is 0 Å². The molecular weight excluding hydrogens is 342 g/mol. The molecule has 27 heavy (non-hydrogen) atoms. The SMILES string of the molecule is Cc1ccc(NC(=O)N2CCCOCCNC(=O)C3CCCCC32)cc1C. The largest absolute Gasteiger partial charge is 0.380 e. The molecule has 2 atom stereocenters. The van der Waals surface area contributed by atoms with Gasteiger partial charge in [-0.3, -0.25) is 4.79 Å². The topological polar surface area (TPSA) is 70.7 Å². The Hall–Kier alpha value is -2.08. The van der Waals surface area contributed by atoms with Crippen molar-refractivity contribution in [2.24, 2.45) is 5.92 Å². The summed E-state index contributed by atoms with van der Waals surface area (Å²) in [6.45, 7) is 6.36. The van der Waals surface area contributed by atoms with E-state index in [2.05, 4.69) is 17.6 Å². The normalized spacial score (nSPS) is 24.4. The Morgan fingerprint density at radius 3 is 2.78 bits per heavy atom. The molecule has 6 heteroatoms. The lowest BCUT2D eigenvalue weighted by molar-refractivity contribution is -0.128. The third kappa shape index (κ3) is 5.01. The number of benzene rings is 1. The molecule has 1 heterocycles. The Bertz CT molecular complexity index is 677. The molecule has 0 bridgehead atoms. The maximum absolute atomic E-state index is 13.1. The standard InChI is InChI=1S/C21H31N3O3/c1-15-8-9-17(14-16(15)2)23-21(26)24-11-5-12-27-13-10-22-20(25)18-6-3-4-7-19(18)24/h8-9,14,18-19H,3-7,10-13H2,1-2H3,(H,22,25)(H,23,26). The number of rotatable bonds is 1. The van der Waals surface area contributed by atoms with E-state index in [-0.39, 0.29) is 23.9 Å². The molecule has 0 spiro atoms. The van der Waals surface area contributed by atoms with Gasteiger partial charge in [-0.05, 0) is 56.4 Å². The molecule has 0 radical (unpaired) electrons. The van der Waals surface area contributed by atoms with Gasteiger partial charge in [0.2, 0.25) is 5.91 Å². The number of urea groups is 1. The number of carbonyl (C=O) groups excluding carboxylic acids is 2. The van der Waals surface area contributed by atoms with Crippen molar-refractivity contribution in [1.29, 1.82) is 0 Å². The van der Waals surface area contributed by atoms with E-state index in [4.69, 9.17) is 4.74 Å². The lowest BCUT2D eigenvalue weighted by Gasteiger charge is -2.39. The molecule has 2 N–H and O–H groups in total. The van der Waals surface area contributed by atoms with Crippen molar-refractivity contribution in [2.45, 2.75) is 52.0 Å². The molecule has 1 saturated heterocycles. The van der Waals surface area contributed by atoms with Gasteiger partial charge in [0, 0.05) is 31.4 Å². The summed E-state index contributed by atoms with van der Waals surface area (Å²) < 4.78 is 5.57. The van der Waals surface area contributed by atoms with Gasteiger partial charge in [0.25, 0.3) is 0 Å². The highest BCUT2D eigenvalue weighted by Gasteiger charge is 2.37. The summed E-state index contributed by atoms with van der Waals surface area (Å²) in [5.41, 5.74) is 3.14. The summed E-state index contributed by atoms with van der Waals surface area (Å²) in [4.78, 5) is 27.6. The highest BCUT2D eigenvalue weighted by Crippen LogP contribution is 2.30. The van der Waals surface area contributed by atoms with Gasteiger partial charge < -0.3 is 20.3 Å². The Morgan fingerprint density at radius 1 is 1.15 bits per heavy atom. The van der Waals surface area contributed by atoms with Crippen LogP contribution in [0.1, 0.15) is 43.2 Å². The van der Waals surface area contributed by atoms with Gasteiger partial charge in [-0.2, -0.15) is 0 Å². The predicted molar refractivity (Wildman–Crippen MR) is 106 cm³/mol. The fourth-order valence-corrected chi connectivity index (χ4v) is 4.04. The first-order valence-electron chi connectivity index (χ1n) is 10.1.